The summed E-state index contributed by atoms with van der Waals surface area (Å²) in [6.07, 6.45) is 2.92. The molecule has 1 fully saturated rings. The van der Waals surface area contributed by atoms with Crippen molar-refractivity contribution in [1.82, 2.24) is 4.31 Å². The first kappa shape index (κ1) is 16.1. The molecule has 0 amide bonds. The van der Waals surface area contributed by atoms with Crippen molar-refractivity contribution < 1.29 is 13.5 Å². The zero-order valence-electron chi connectivity index (χ0n) is 12.5. The number of nitrogens with one attached hydrogen (secondary N) is 1. The van der Waals surface area contributed by atoms with Crippen LogP contribution >= 0.6 is 0 Å². The van der Waals surface area contributed by atoms with Gasteiger partial charge in [-0.3, -0.25) is 0 Å². The van der Waals surface area contributed by atoms with Gasteiger partial charge >= 0.3 is 0 Å². The van der Waals surface area contributed by atoms with E-state index in [0.717, 1.165) is 19.3 Å². The van der Waals surface area contributed by atoms with Gasteiger partial charge in [-0.1, -0.05) is 0 Å². The van der Waals surface area contributed by atoms with Crippen molar-refractivity contribution in [2.24, 2.45) is 5.41 Å². The number of hydrogen-bond donors (Lipinski definition) is 3. The number of nitrogens with two attached hydrogens (primary N) is 1. The molecule has 0 heterocycles. The quantitative estimate of drug-likeness (QED) is 0.655. The fourth-order valence-corrected chi connectivity index (χ4v) is 3.20. The van der Waals surface area contributed by atoms with Crippen LogP contribution in [0.2, 0.25) is 0 Å². The molecule has 6 nitrogen and oxygen atoms in total. The molecule has 4 N–H and O–H groups in total. The minimum atomic E-state index is -3.47. The van der Waals surface area contributed by atoms with E-state index in [0.29, 0.717) is 17.9 Å². The summed E-state index contributed by atoms with van der Waals surface area (Å²) < 4.78 is 25.4. The Labute approximate surface area is 126 Å². The van der Waals surface area contributed by atoms with Crippen molar-refractivity contribution in [3.8, 4) is 0 Å². The van der Waals surface area contributed by atoms with Gasteiger partial charge in [0, 0.05) is 27.2 Å². The molecular weight excluding hydrogens is 290 g/mol. The fourth-order valence-electron chi connectivity index (χ4n) is 2.27. The molecule has 7 heteroatoms. The van der Waals surface area contributed by atoms with Gasteiger partial charge in [-0.15, -0.1) is 0 Å². The number of sulfonamides is 1. The van der Waals surface area contributed by atoms with Crippen LogP contribution in [0.25, 0.3) is 0 Å². The predicted octanol–water partition coefficient (Wildman–Crippen LogP) is 1.09. The van der Waals surface area contributed by atoms with Gasteiger partial charge < -0.3 is 16.2 Å². The first-order valence-corrected chi connectivity index (χ1v) is 8.42. The SMILES string of the molecule is CN(C)S(=O)(=O)c1ccc(N)c(NCC2(CCO)CC2)c1. The molecule has 0 saturated heterocycles. The van der Waals surface area contributed by atoms with Crippen LogP contribution in [0.1, 0.15) is 19.3 Å². The summed E-state index contributed by atoms with van der Waals surface area (Å²) in [5, 5.41) is 12.3. The molecule has 1 aliphatic rings. The van der Waals surface area contributed by atoms with E-state index in [-0.39, 0.29) is 16.9 Å². The van der Waals surface area contributed by atoms with Crippen LogP contribution < -0.4 is 11.1 Å². The lowest BCUT2D eigenvalue weighted by atomic mass is 10.0. The van der Waals surface area contributed by atoms with E-state index < -0.39 is 10.0 Å². The van der Waals surface area contributed by atoms with E-state index in [1.165, 1.54) is 24.5 Å². The summed E-state index contributed by atoms with van der Waals surface area (Å²) >= 11 is 0. The normalized spacial score (nSPS) is 17.0. The van der Waals surface area contributed by atoms with Gasteiger partial charge in [-0.2, -0.15) is 0 Å². The van der Waals surface area contributed by atoms with Gasteiger partial charge in [0.25, 0.3) is 0 Å². The molecule has 21 heavy (non-hydrogen) atoms. The van der Waals surface area contributed by atoms with E-state index in [1.54, 1.807) is 12.1 Å². The number of anilines is 2. The van der Waals surface area contributed by atoms with Crippen molar-refractivity contribution in [2.45, 2.75) is 24.2 Å². The first-order valence-electron chi connectivity index (χ1n) is 6.98. The van der Waals surface area contributed by atoms with Crippen molar-refractivity contribution in [3.05, 3.63) is 18.2 Å². The Morgan fingerprint density at radius 2 is 2.05 bits per heavy atom. The zero-order chi connectivity index (χ0) is 15.7. The van der Waals surface area contributed by atoms with Crippen molar-refractivity contribution >= 4 is 21.4 Å². The van der Waals surface area contributed by atoms with Crippen LogP contribution in [0.3, 0.4) is 0 Å². The van der Waals surface area contributed by atoms with Crippen LogP contribution in [0.5, 0.6) is 0 Å². The molecule has 0 bridgehead atoms. The average Bonchev–Trinajstić information content (AvgIpc) is 3.18. The molecule has 0 radical (unpaired) electrons. The maximum absolute atomic E-state index is 12.1. The second-order valence-electron chi connectivity index (χ2n) is 5.86. The third-order valence-corrected chi connectivity index (χ3v) is 5.87. The summed E-state index contributed by atoms with van der Waals surface area (Å²) in [7, 11) is -0.468. The van der Waals surface area contributed by atoms with Gasteiger partial charge in [0.15, 0.2) is 0 Å². The van der Waals surface area contributed by atoms with E-state index in [9.17, 15) is 8.42 Å². The molecule has 1 saturated carbocycles. The number of nitrogens with zero attached hydrogens (tertiary/aromatic N) is 1. The van der Waals surface area contributed by atoms with E-state index in [1.807, 2.05) is 0 Å². The van der Waals surface area contributed by atoms with Gasteiger partial charge in [-0.05, 0) is 42.9 Å². The Hall–Kier alpha value is -1.31. The molecule has 0 aromatic heterocycles. The summed E-state index contributed by atoms with van der Waals surface area (Å²) in [5.74, 6) is 0. The first-order chi connectivity index (χ1) is 9.81. The summed E-state index contributed by atoms with van der Waals surface area (Å²) in [4.78, 5) is 0.219. The summed E-state index contributed by atoms with van der Waals surface area (Å²) in [6.45, 7) is 0.870. The Morgan fingerprint density at radius 3 is 2.57 bits per heavy atom. The predicted molar refractivity (Wildman–Crippen MR) is 83.6 cm³/mol. The highest BCUT2D eigenvalue weighted by Gasteiger charge is 2.41. The highest BCUT2D eigenvalue weighted by Crippen LogP contribution is 2.48. The Kier molecular flexibility index (Phi) is 4.46. The third-order valence-electron chi connectivity index (χ3n) is 4.06. The maximum atomic E-state index is 12.1. The molecule has 0 spiro atoms. The molecule has 0 atom stereocenters. The molecule has 118 valence electrons. The topological polar surface area (TPSA) is 95.7 Å². The van der Waals surface area contributed by atoms with Crippen LogP contribution in [-0.2, 0) is 10.0 Å². The van der Waals surface area contributed by atoms with Crippen LogP contribution in [-0.4, -0.2) is 45.1 Å². The lowest BCUT2D eigenvalue weighted by molar-refractivity contribution is 0.253. The lowest BCUT2D eigenvalue weighted by Gasteiger charge is -2.18. The average molecular weight is 313 g/mol. The van der Waals surface area contributed by atoms with Gasteiger partial charge in [-0.25, -0.2) is 12.7 Å². The number of hydrogen-bond acceptors (Lipinski definition) is 5. The summed E-state index contributed by atoms with van der Waals surface area (Å²) in [5.41, 5.74) is 7.20. The van der Waals surface area contributed by atoms with Crippen molar-refractivity contribution in [1.29, 1.82) is 0 Å². The second-order valence-corrected chi connectivity index (χ2v) is 8.02. The second kappa shape index (κ2) is 5.82. The Balaban J connectivity index is 2.17. The van der Waals surface area contributed by atoms with Crippen LogP contribution in [0.15, 0.2) is 23.1 Å². The minimum absolute atomic E-state index is 0.137. The Bertz CT molecular complexity index is 610. The smallest absolute Gasteiger partial charge is 0.242 e. The van der Waals surface area contributed by atoms with E-state index in [2.05, 4.69) is 5.32 Å². The van der Waals surface area contributed by atoms with Gasteiger partial charge in [0.1, 0.15) is 0 Å². The maximum Gasteiger partial charge on any atom is 0.242 e. The van der Waals surface area contributed by atoms with Crippen molar-refractivity contribution in [3.63, 3.8) is 0 Å². The van der Waals surface area contributed by atoms with E-state index in [4.69, 9.17) is 10.8 Å². The number of rotatable bonds is 7. The molecule has 2 rings (SSSR count). The van der Waals surface area contributed by atoms with Gasteiger partial charge in [0.05, 0.1) is 16.3 Å². The number of benzene rings is 1. The lowest BCUT2D eigenvalue weighted by Crippen LogP contribution is -2.23. The molecular formula is C14H23N3O3S. The summed E-state index contributed by atoms with van der Waals surface area (Å²) in [6, 6.07) is 4.68. The fraction of sp³-hybridized carbons (Fsp3) is 0.571. The Morgan fingerprint density at radius 1 is 1.38 bits per heavy atom. The molecule has 0 aliphatic heterocycles. The number of aliphatic hydroxyl groups excluding tert-OH is 1. The highest BCUT2D eigenvalue weighted by molar-refractivity contribution is 7.89. The minimum Gasteiger partial charge on any atom is -0.397 e. The van der Waals surface area contributed by atoms with Crippen LogP contribution in [0, 0.1) is 5.41 Å². The highest BCUT2D eigenvalue weighted by atomic mass is 32.2. The van der Waals surface area contributed by atoms with Crippen molar-refractivity contribution in [2.75, 3.05) is 38.3 Å². The third kappa shape index (κ3) is 3.48. The number of nitrogen functional groups attached to an aromatic ring is 1. The molecule has 1 aromatic carbocycles. The number of aliphatic hydroxyl groups is 1. The largest absolute Gasteiger partial charge is 0.397 e. The standard InChI is InChI=1S/C14H23N3O3S/c1-17(2)21(19,20)11-3-4-12(15)13(9-11)16-10-14(5-6-14)7-8-18/h3-4,9,16,18H,5-8,10,15H2,1-2H3. The zero-order valence-corrected chi connectivity index (χ0v) is 13.3. The molecule has 1 aliphatic carbocycles. The van der Waals surface area contributed by atoms with E-state index >= 15 is 0 Å². The van der Waals surface area contributed by atoms with Gasteiger partial charge in [0.2, 0.25) is 10.0 Å². The van der Waals surface area contributed by atoms with Crippen LogP contribution in [0.4, 0.5) is 11.4 Å². The molecule has 0 unspecified atom stereocenters. The monoisotopic (exact) mass is 313 g/mol. The molecule has 1 aromatic rings.